The minimum absolute atomic E-state index is 0.315. The van der Waals surface area contributed by atoms with E-state index in [2.05, 4.69) is 0 Å². The molecule has 0 unspecified atom stereocenters. The van der Waals surface area contributed by atoms with Crippen LogP contribution in [0.15, 0.2) is 6.07 Å². The Bertz CT molecular complexity index is 343. The minimum atomic E-state index is -1.45. The smallest absolute Gasteiger partial charge is 0.348 e. The van der Waals surface area contributed by atoms with Crippen LogP contribution in [0.1, 0.15) is 19.3 Å². The number of aromatic carboxylic acids is 2. The van der Waals surface area contributed by atoms with E-state index in [-0.39, 0.29) is 4.88 Å². The maximum atomic E-state index is 12.6. The molecule has 0 aromatic carbocycles. The van der Waals surface area contributed by atoms with Gasteiger partial charge in [-0.1, -0.05) is 0 Å². The van der Waals surface area contributed by atoms with Gasteiger partial charge in [-0.3, -0.25) is 0 Å². The van der Waals surface area contributed by atoms with Crippen LogP contribution in [0.4, 0.5) is 4.39 Å². The van der Waals surface area contributed by atoms with Gasteiger partial charge in [-0.15, -0.1) is 11.3 Å². The summed E-state index contributed by atoms with van der Waals surface area (Å²) in [7, 11) is 0. The summed E-state index contributed by atoms with van der Waals surface area (Å²) in [5, 5.41) is 16.7. The Hall–Kier alpha value is -1.43. The van der Waals surface area contributed by atoms with E-state index in [4.69, 9.17) is 10.2 Å². The van der Waals surface area contributed by atoms with Crippen molar-refractivity contribution < 1.29 is 24.2 Å². The van der Waals surface area contributed by atoms with Crippen molar-refractivity contribution in [1.82, 2.24) is 0 Å². The molecule has 1 heterocycles. The highest BCUT2D eigenvalue weighted by Crippen LogP contribution is 2.20. The molecule has 1 aromatic rings. The SMILES string of the molecule is O=C(O)c1cc(F)c(C(=O)O)s1. The molecule has 2 N–H and O–H groups in total. The number of carboxylic acids is 2. The van der Waals surface area contributed by atoms with Crippen molar-refractivity contribution in [3.8, 4) is 0 Å². The normalized spacial score (nSPS) is 9.75. The van der Waals surface area contributed by atoms with E-state index in [0.717, 1.165) is 0 Å². The monoisotopic (exact) mass is 190 g/mol. The highest BCUT2D eigenvalue weighted by molar-refractivity contribution is 7.15. The fourth-order valence-corrected chi connectivity index (χ4v) is 1.33. The lowest BCUT2D eigenvalue weighted by Gasteiger charge is -1.83. The second-order valence-corrected chi connectivity index (χ2v) is 2.95. The van der Waals surface area contributed by atoms with Gasteiger partial charge in [-0.2, -0.15) is 0 Å². The molecule has 0 amide bonds. The van der Waals surface area contributed by atoms with Gasteiger partial charge in [0.05, 0.1) is 0 Å². The Balaban J connectivity index is 3.17. The molecule has 0 saturated carbocycles. The zero-order chi connectivity index (χ0) is 9.30. The summed E-state index contributed by atoms with van der Waals surface area (Å²) in [5.74, 6) is -3.79. The van der Waals surface area contributed by atoms with Gasteiger partial charge in [0.2, 0.25) is 0 Å². The van der Waals surface area contributed by atoms with Crippen LogP contribution >= 0.6 is 11.3 Å². The lowest BCUT2D eigenvalue weighted by molar-refractivity contribution is 0.0689. The number of halogens is 1. The molecule has 0 fully saturated rings. The van der Waals surface area contributed by atoms with E-state index in [9.17, 15) is 14.0 Å². The van der Waals surface area contributed by atoms with E-state index < -0.39 is 22.6 Å². The van der Waals surface area contributed by atoms with E-state index in [1.54, 1.807) is 0 Å². The van der Waals surface area contributed by atoms with Gasteiger partial charge in [-0.05, 0) is 0 Å². The van der Waals surface area contributed by atoms with Crippen LogP contribution in [0.3, 0.4) is 0 Å². The number of rotatable bonds is 2. The van der Waals surface area contributed by atoms with Gasteiger partial charge >= 0.3 is 11.9 Å². The molecule has 0 radical (unpaired) electrons. The molecule has 0 spiro atoms. The van der Waals surface area contributed by atoms with E-state index in [1.165, 1.54) is 0 Å². The number of thiophene rings is 1. The Labute approximate surface area is 69.9 Å². The third kappa shape index (κ3) is 1.42. The van der Waals surface area contributed by atoms with Crippen molar-refractivity contribution in [1.29, 1.82) is 0 Å². The first-order valence-corrected chi connectivity index (χ1v) is 3.60. The number of hydrogen-bond acceptors (Lipinski definition) is 3. The Morgan fingerprint density at radius 2 is 1.92 bits per heavy atom. The first-order chi connectivity index (χ1) is 5.52. The van der Waals surface area contributed by atoms with Gasteiger partial charge < -0.3 is 10.2 Å². The summed E-state index contributed by atoms with van der Waals surface area (Å²) >= 11 is 0.402. The van der Waals surface area contributed by atoms with Crippen molar-refractivity contribution in [2.75, 3.05) is 0 Å². The highest BCUT2D eigenvalue weighted by atomic mass is 32.1. The molecule has 0 aliphatic carbocycles. The molecule has 0 bridgehead atoms. The second kappa shape index (κ2) is 2.90. The fourth-order valence-electron chi connectivity index (χ4n) is 0.620. The maximum Gasteiger partial charge on any atom is 0.348 e. The first-order valence-electron chi connectivity index (χ1n) is 2.78. The third-order valence-corrected chi connectivity index (χ3v) is 2.18. The van der Waals surface area contributed by atoms with Gasteiger partial charge in [0.25, 0.3) is 0 Å². The quantitative estimate of drug-likeness (QED) is 0.736. The Morgan fingerprint density at radius 3 is 2.17 bits per heavy atom. The van der Waals surface area contributed by atoms with Crippen LogP contribution in [0.5, 0.6) is 0 Å². The third-order valence-electron chi connectivity index (χ3n) is 1.09. The molecule has 1 aromatic heterocycles. The standard InChI is InChI=1S/C6H3FO4S/c7-2-1-3(5(8)9)12-4(2)6(10)11/h1H,(H,8,9)(H,10,11). The van der Waals surface area contributed by atoms with E-state index in [1.807, 2.05) is 0 Å². The van der Waals surface area contributed by atoms with Crippen LogP contribution in [0, 0.1) is 5.82 Å². The zero-order valence-electron chi connectivity index (χ0n) is 5.57. The van der Waals surface area contributed by atoms with Crippen LogP contribution in [-0.4, -0.2) is 22.2 Å². The molecule has 6 heteroatoms. The van der Waals surface area contributed by atoms with Gasteiger partial charge in [-0.25, -0.2) is 14.0 Å². The molecule has 1 rings (SSSR count). The largest absolute Gasteiger partial charge is 0.477 e. The highest BCUT2D eigenvalue weighted by Gasteiger charge is 2.18. The molecule has 64 valence electrons. The predicted molar refractivity (Wildman–Crippen MR) is 38.2 cm³/mol. The van der Waals surface area contributed by atoms with Gasteiger partial charge in [0, 0.05) is 6.07 Å². The number of carbonyl (C=O) groups is 2. The van der Waals surface area contributed by atoms with Crippen LogP contribution in [-0.2, 0) is 0 Å². The van der Waals surface area contributed by atoms with Crippen molar-refractivity contribution >= 4 is 23.3 Å². The average Bonchev–Trinajstić information content (AvgIpc) is 2.30. The number of carboxylic acid groups (broad SMARTS) is 2. The molecule has 4 nitrogen and oxygen atoms in total. The number of hydrogen-bond donors (Lipinski definition) is 2. The summed E-state index contributed by atoms with van der Waals surface area (Å²) in [6.45, 7) is 0. The molecular weight excluding hydrogens is 187 g/mol. The molecule has 12 heavy (non-hydrogen) atoms. The van der Waals surface area contributed by atoms with Crippen molar-refractivity contribution in [3.63, 3.8) is 0 Å². The topological polar surface area (TPSA) is 74.6 Å². The average molecular weight is 190 g/mol. The Kier molecular flexibility index (Phi) is 2.09. The molecule has 0 atom stereocenters. The summed E-state index contributed by atoms with van der Waals surface area (Å²) < 4.78 is 12.6. The summed E-state index contributed by atoms with van der Waals surface area (Å²) in [6.07, 6.45) is 0. The summed E-state index contributed by atoms with van der Waals surface area (Å²) in [5.41, 5.74) is 0. The van der Waals surface area contributed by atoms with Crippen molar-refractivity contribution in [2.24, 2.45) is 0 Å². The minimum Gasteiger partial charge on any atom is -0.477 e. The predicted octanol–water partition coefficient (Wildman–Crippen LogP) is 1.28. The van der Waals surface area contributed by atoms with Crippen molar-refractivity contribution in [2.45, 2.75) is 0 Å². The lowest BCUT2D eigenvalue weighted by atomic mass is 10.4. The van der Waals surface area contributed by atoms with Gasteiger partial charge in [0.1, 0.15) is 15.6 Å². The molecule has 0 aliphatic heterocycles. The lowest BCUT2D eigenvalue weighted by Crippen LogP contribution is -1.93. The van der Waals surface area contributed by atoms with Gasteiger partial charge in [0.15, 0.2) is 0 Å². The zero-order valence-corrected chi connectivity index (χ0v) is 6.39. The molecular formula is C6H3FO4S. The summed E-state index contributed by atoms with van der Waals surface area (Å²) in [4.78, 5) is 19.6. The van der Waals surface area contributed by atoms with Crippen LogP contribution in [0.25, 0.3) is 0 Å². The molecule has 0 aliphatic rings. The first kappa shape index (κ1) is 8.66. The molecule has 0 saturated heterocycles. The van der Waals surface area contributed by atoms with Crippen LogP contribution in [0.2, 0.25) is 0 Å². The van der Waals surface area contributed by atoms with E-state index in [0.29, 0.717) is 17.4 Å². The second-order valence-electron chi connectivity index (χ2n) is 1.90. The van der Waals surface area contributed by atoms with E-state index >= 15 is 0 Å². The Morgan fingerprint density at radius 1 is 1.33 bits per heavy atom. The maximum absolute atomic E-state index is 12.6. The summed E-state index contributed by atoms with van der Waals surface area (Å²) in [6, 6.07) is 0.691. The van der Waals surface area contributed by atoms with Crippen molar-refractivity contribution in [3.05, 3.63) is 21.6 Å². The van der Waals surface area contributed by atoms with Crippen LogP contribution < -0.4 is 0 Å². The fraction of sp³-hybridized carbons (Fsp3) is 0.